The van der Waals surface area contributed by atoms with E-state index < -0.39 is 5.97 Å². The van der Waals surface area contributed by atoms with Gasteiger partial charge in [-0.25, -0.2) is 14.8 Å². The molecule has 2 N–H and O–H groups in total. The molecule has 0 bridgehead atoms. The predicted molar refractivity (Wildman–Crippen MR) is 81.8 cm³/mol. The lowest BCUT2D eigenvalue weighted by Crippen LogP contribution is -1.97. The molecule has 0 aliphatic carbocycles. The van der Waals surface area contributed by atoms with Gasteiger partial charge in [0.2, 0.25) is 0 Å². The fourth-order valence-corrected chi connectivity index (χ4v) is 3.03. The third kappa shape index (κ3) is 3.28. The Morgan fingerprint density at radius 2 is 2.00 bits per heavy atom. The van der Waals surface area contributed by atoms with Crippen LogP contribution >= 0.6 is 11.3 Å². The summed E-state index contributed by atoms with van der Waals surface area (Å²) in [6.07, 6.45) is 3.69. The Bertz CT molecular complexity index is 730. The van der Waals surface area contributed by atoms with E-state index in [1.807, 2.05) is 24.3 Å². The molecule has 0 aliphatic rings. The van der Waals surface area contributed by atoms with Gasteiger partial charge in [-0.2, -0.15) is 0 Å². The number of aromatic carboxylic acids is 1. The van der Waals surface area contributed by atoms with E-state index in [9.17, 15) is 4.79 Å². The summed E-state index contributed by atoms with van der Waals surface area (Å²) in [5.41, 5.74) is 2.21. The molecular weight excluding hydrogens is 286 g/mol. The number of carboxylic acids is 1. The summed E-state index contributed by atoms with van der Waals surface area (Å²) in [6.45, 7) is 0. The number of unbranched alkanes of at least 4 members (excludes halogenated alkanes) is 1. The van der Waals surface area contributed by atoms with Crippen molar-refractivity contribution >= 4 is 28.3 Å². The van der Waals surface area contributed by atoms with Gasteiger partial charge in [0.15, 0.2) is 5.69 Å². The molecule has 6 heteroatoms. The molecule has 0 radical (unpaired) electrons. The van der Waals surface area contributed by atoms with Crippen LogP contribution in [-0.2, 0) is 12.8 Å². The molecule has 0 fully saturated rings. The number of aromatic nitrogens is 3. The molecule has 0 spiro atoms. The Morgan fingerprint density at radius 1 is 1.19 bits per heavy atom. The maximum atomic E-state index is 10.7. The number of imidazole rings is 1. The lowest BCUT2D eigenvalue weighted by Gasteiger charge is -1.96. The number of thiazole rings is 1. The third-order valence-corrected chi connectivity index (χ3v) is 4.17. The first kappa shape index (κ1) is 13.8. The molecule has 0 saturated heterocycles. The van der Waals surface area contributed by atoms with E-state index in [0.29, 0.717) is 0 Å². The SMILES string of the molecule is O=C(O)c1csc(CCCCc2nc3ccccc3[nH]2)n1. The average Bonchev–Trinajstić information content (AvgIpc) is 3.10. The van der Waals surface area contributed by atoms with E-state index in [-0.39, 0.29) is 5.69 Å². The molecule has 0 unspecified atom stereocenters. The van der Waals surface area contributed by atoms with Crippen LogP contribution in [0.1, 0.15) is 34.2 Å². The molecule has 3 aromatic rings. The number of hydrogen-bond donors (Lipinski definition) is 2. The largest absolute Gasteiger partial charge is 0.476 e. The molecule has 0 amide bonds. The van der Waals surface area contributed by atoms with E-state index in [0.717, 1.165) is 47.5 Å². The molecular formula is C15H15N3O2S. The monoisotopic (exact) mass is 301 g/mol. The van der Waals surface area contributed by atoms with Crippen LogP contribution in [0.5, 0.6) is 0 Å². The normalized spacial score (nSPS) is 11.0. The topological polar surface area (TPSA) is 78.9 Å². The minimum atomic E-state index is -0.959. The van der Waals surface area contributed by atoms with Crippen molar-refractivity contribution in [1.82, 2.24) is 15.0 Å². The van der Waals surface area contributed by atoms with Gasteiger partial charge in [0, 0.05) is 11.8 Å². The van der Waals surface area contributed by atoms with E-state index in [4.69, 9.17) is 5.11 Å². The number of nitrogens with one attached hydrogen (secondary N) is 1. The number of carboxylic acid groups (broad SMARTS) is 1. The van der Waals surface area contributed by atoms with Gasteiger partial charge >= 0.3 is 5.97 Å². The maximum absolute atomic E-state index is 10.7. The quantitative estimate of drug-likeness (QED) is 0.685. The fourth-order valence-electron chi connectivity index (χ4n) is 2.22. The molecule has 0 atom stereocenters. The van der Waals surface area contributed by atoms with Crippen LogP contribution in [0.3, 0.4) is 0 Å². The number of carbonyl (C=O) groups is 1. The van der Waals surface area contributed by atoms with E-state index in [2.05, 4.69) is 15.0 Å². The highest BCUT2D eigenvalue weighted by atomic mass is 32.1. The van der Waals surface area contributed by atoms with Gasteiger partial charge in [-0.15, -0.1) is 11.3 Å². The van der Waals surface area contributed by atoms with Crippen LogP contribution in [0.25, 0.3) is 11.0 Å². The highest BCUT2D eigenvalue weighted by Gasteiger charge is 2.08. The van der Waals surface area contributed by atoms with Crippen molar-refractivity contribution in [2.24, 2.45) is 0 Å². The smallest absolute Gasteiger partial charge is 0.355 e. The summed E-state index contributed by atoms with van der Waals surface area (Å²) in [5, 5.41) is 11.3. The zero-order valence-electron chi connectivity index (χ0n) is 11.4. The van der Waals surface area contributed by atoms with Gasteiger partial charge in [0.1, 0.15) is 5.82 Å². The summed E-state index contributed by atoms with van der Waals surface area (Å²) in [4.78, 5) is 22.7. The second-order valence-corrected chi connectivity index (χ2v) is 5.78. The van der Waals surface area contributed by atoms with Gasteiger partial charge in [-0.1, -0.05) is 12.1 Å². The highest BCUT2D eigenvalue weighted by molar-refractivity contribution is 7.09. The molecule has 0 saturated carbocycles. The first-order valence-electron chi connectivity index (χ1n) is 6.84. The number of benzene rings is 1. The van der Waals surface area contributed by atoms with Crippen molar-refractivity contribution in [3.8, 4) is 0 Å². The van der Waals surface area contributed by atoms with Crippen molar-refractivity contribution in [3.05, 3.63) is 46.2 Å². The minimum Gasteiger partial charge on any atom is -0.476 e. The van der Waals surface area contributed by atoms with Crippen molar-refractivity contribution in [1.29, 1.82) is 0 Å². The van der Waals surface area contributed by atoms with Crippen LogP contribution in [0.15, 0.2) is 29.6 Å². The first-order chi connectivity index (χ1) is 10.2. The van der Waals surface area contributed by atoms with Crippen LogP contribution in [0.4, 0.5) is 0 Å². The van der Waals surface area contributed by atoms with Crippen molar-refractivity contribution < 1.29 is 9.90 Å². The summed E-state index contributed by atoms with van der Waals surface area (Å²) in [6, 6.07) is 8.00. The number of aromatic amines is 1. The lowest BCUT2D eigenvalue weighted by atomic mass is 10.2. The average molecular weight is 301 g/mol. The summed E-state index contributed by atoms with van der Waals surface area (Å²) in [5.74, 6) is 0.0429. The van der Waals surface area contributed by atoms with Crippen LogP contribution in [0, 0.1) is 0 Å². The number of fused-ring (bicyclic) bond motifs is 1. The zero-order valence-corrected chi connectivity index (χ0v) is 12.2. The number of aryl methyl sites for hydroxylation is 2. The molecule has 108 valence electrons. The summed E-state index contributed by atoms with van der Waals surface area (Å²) < 4.78 is 0. The van der Waals surface area contributed by atoms with Crippen LogP contribution < -0.4 is 0 Å². The van der Waals surface area contributed by atoms with Gasteiger partial charge in [0.05, 0.1) is 16.0 Å². The number of para-hydroxylation sites is 2. The van der Waals surface area contributed by atoms with Crippen molar-refractivity contribution in [2.75, 3.05) is 0 Å². The second-order valence-electron chi connectivity index (χ2n) is 4.84. The number of H-pyrrole nitrogens is 1. The minimum absolute atomic E-state index is 0.146. The third-order valence-electron chi connectivity index (χ3n) is 3.26. The Balaban J connectivity index is 1.50. The van der Waals surface area contributed by atoms with Gasteiger partial charge < -0.3 is 10.1 Å². The second kappa shape index (κ2) is 6.05. The van der Waals surface area contributed by atoms with Crippen LogP contribution in [0.2, 0.25) is 0 Å². The Hall–Kier alpha value is -2.21. The molecule has 3 rings (SSSR count). The molecule has 0 aliphatic heterocycles. The Morgan fingerprint density at radius 3 is 2.76 bits per heavy atom. The van der Waals surface area contributed by atoms with Gasteiger partial charge in [-0.3, -0.25) is 0 Å². The zero-order chi connectivity index (χ0) is 14.7. The van der Waals surface area contributed by atoms with Crippen molar-refractivity contribution in [3.63, 3.8) is 0 Å². The van der Waals surface area contributed by atoms with Crippen molar-refractivity contribution in [2.45, 2.75) is 25.7 Å². The van der Waals surface area contributed by atoms with E-state index in [1.54, 1.807) is 5.38 Å². The number of hydrogen-bond acceptors (Lipinski definition) is 4. The number of rotatable bonds is 6. The van der Waals surface area contributed by atoms with E-state index >= 15 is 0 Å². The Labute approximate surface area is 125 Å². The lowest BCUT2D eigenvalue weighted by molar-refractivity contribution is 0.0691. The van der Waals surface area contributed by atoms with E-state index in [1.165, 1.54) is 11.3 Å². The Kier molecular flexibility index (Phi) is 3.96. The molecule has 21 heavy (non-hydrogen) atoms. The van der Waals surface area contributed by atoms with Crippen LogP contribution in [-0.4, -0.2) is 26.0 Å². The standard InChI is InChI=1S/C15H15N3O2S/c19-15(20)12-9-21-14(18-12)8-4-3-7-13-16-10-5-1-2-6-11(10)17-13/h1-2,5-6,9H,3-4,7-8H2,(H,16,17)(H,19,20). The molecule has 5 nitrogen and oxygen atoms in total. The summed E-state index contributed by atoms with van der Waals surface area (Å²) >= 11 is 1.41. The van der Waals surface area contributed by atoms with Gasteiger partial charge in [-0.05, 0) is 31.4 Å². The molecule has 1 aromatic carbocycles. The highest BCUT2D eigenvalue weighted by Crippen LogP contribution is 2.15. The molecule has 2 heterocycles. The van der Waals surface area contributed by atoms with Gasteiger partial charge in [0.25, 0.3) is 0 Å². The first-order valence-corrected chi connectivity index (χ1v) is 7.71. The summed E-state index contributed by atoms with van der Waals surface area (Å²) in [7, 11) is 0. The fraction of sp³-hybridized carbons (Fsp3) is 0.267. The predicted octanol–water partition coefficient (Wildman–Crippen LogP) is 3.28. The number of nitrogens with zero attached hydrogens (tertiary/aromatic N) is 2. The molecule has 2 aromatic heterocycles. The maximum Gasteiger partial charge on any atom is 0.355 e.